The quantitative estimate of drug-likeness (QED) is 0.597. The van der Waals surface area contributed by atoms with Crippen LogP contribution in [0, 0.1) is 6.92 Å². The second-order valence-electron chi connectivity index (χ2n) is 5.17. The number of hydrogen-bond donors (Lipinski definition) is 1. The highest BCUT2D eigenvalue weighted by atomic mass is 35.5. The number of amides is 1. The lowest BCUT2D eigenvalue weighted by Crippen LogP contribution is -2.33. The molecule has 0 bridgehead atoms. The zero-order valence-electron chi connectivity index (χ0n) is 13.2. The van der Waals surface area contributed by atoms with Gasteiger partial charge in [0.15, 0.2) is 0 Å². The van der Waals surface area contributed by atoms with Crippen LogP contribution in [0.1, 0.15) is 12.5 Å². The number of carbonyl (C=O) groups excluding carboxylic acids is 1. The summed E-state index contributed by atoms with van der Waals surface area (Å²) in [7, 11) is 0. The highest BCUT2D eigenvalue weighted by molar-refractivity contribution is 8.00. The van der Waals surface area contributed by atoms with Crippen LogP contribution in [0.5, 0.6) is 5.75 Å². The minimum absolute atomic E-state index is 0.00204. The van der Waals surface area contributed by atoms with Crippen molar-refractivity contribution < 1.29 is 9.53 Å². The molecule has 0 heterocycles. The Kier molecular flexibility index (Phi) is 6.81. The molecule has 0 aliphatic carbocycles. The van der Waals surface area contributed by atoms with Gasteiger partial charge in [0.05, 0.1) is 11.8 Å². The van der Waals surface area contributed by atoms with Crippen LogP contribution in [0.3, 0.4) is 0 Å². The van der Waals surface area contributed by atoms with Gasteiger partial charge in [0.1, 0.15) is 12.4 Å². The van der Waals surface area contributed by atoms with Crippen LogP contribution in [0.15, 0.2) is 53.4 Å². The Balaban J connectivity index is 1.70. The van der Waals surface area contributed by atoms with Crippen LogP contribution in [0.25, 0.3) is 0 Å². The number of nitrogens with one attached hydrogen (secondary N) is 1. The summed E-state index contributed by atoms with van der Waals surface area (Å²) in [6.45, 7) is 4.84. The summed E-state index contributed by atoms with van der Waals surface area (Å²) < 4.78 is 5.61. The zero-order valence-corrected chi connectivity index (χ0v) is 14.8. The first-order valence-corrected chi connectivity index (χ1v) is 8.70. The van der Waals surface area contributed by atoms with Crippen molar-refractivity contribution in [2.24, 2.45) is 0 Å². The predicted octanol–water partition coefficient (Wildman–Crippen LogP) is 4.32. The number of rotatable bonds is 7. The van der Waals surface area contributed by atoms with E-state index in [1.54, 1.807) is 0 Å². The average Bonchev–Trinajstić information content (AvgIpc) is 2.53. The fourth-order valence-corrected chi connectivity index (χ4v) is 2.98. The number of halogens is 1. The summed E-state index contributed by atoms with van der Waals surface area (Å²) in [4.78, 5) is 13.1. The third kappa shape index (κ3) is 6.16. The van der Waals surface area contributed by atoms with Crippen molar-refractivity contribution in [3.63, 3.8) is 0 Å². The van der Waals surface area contributed by atoms with Crippen LogP contribution in [-0.2, 0) is 4.79 Å². The summed E-state index contributed by atoms with van der Waals surface area (Å²) >= 11 is 7.36. The number of hydrogen-bond acceptors (Lipinski definition) is 3. The van der Waals surface area contributed by atoms with E-state index in [0.717, 1.165) is 16.2 Å². The fraction of sp³-hybridized carbons (Fsp3) is 0.278. The molecule has 122 valence electrons. The monoisotopic (exact) mass is 349 g/mol. The molecular formula is C18H20ClNO2S. The fourth-order valence-electron chi connectivity index (χ4n) is 1.96. The van der Waals surface area contributed by atoms with Gasteiger partial charge in [0, 0.05) is 9.92 Å². The Hall–Kier alpha value is -1.65. The molecule has 1 atom stereocenters. The molecule has 0 aromatic heterocycles. The molecule has 3 nitrogen and oxygen atoms in total. The van der Waals surface area contributed by atoms with Crippen molar-refractivity contribution in [1.29, 1.82) is 0 Å². The SMILES string of the molecule is Cc1cccc(OCCNC(=O)[C@@H](C)Sc2ccc(Cl)cc2)c1. The molecule has 0 aliphatic rings. The van der Waals surface area contributed by atoms with E-state index in [1.807, 2.05) is 62.4 Å². The van der Waals surface area contributed by atoms with E-state index in [1.165, 1.54) is 11.8 Å². The zero-order chi connectivity index (χ0) is 16.7. The van der Waals surface area contributed by atoms with Gasteiger partial charge in [-0.05, 0) is 55.8 Å². The standard InChI is InChI=1S/C18H20ClNO2S/c1-13-4-3-5-16(12-13)22-11-10-20-18(21)14(2)23-17-8-6-15(19)7-9-17/h3-9,12,14H,10-11H2,1-2H3,(H,20,21)/t14-/m1/s1. The van der Waals surface area contributed by atoms with Gasteiger partial charge in [-0.3, -0.25) is 4.79 Å². The van der Waals surface area contributed by atoms with E-state index >= 15 is 0 Å². The molecule has 0 fully saturated rings. The number of thioether (sulfide) groups is 1. The first kappa shape index (κ1) is 17.7. The van der Waals surface area contributed by atoms with Crippen molar-refractivity contribution in [3.8, 4) is 5.75 Å². The third-order valence-corrected chi connectivity index (χ3v) is 4.52. The molecule has 0 radical (unpaired) electrons. The van der Waals surface area contributed by atoms with Gasteiger partial charge in [0.2, 0.25) is 5.91 Å². The van der Waals surface area contributed by atoms with E-state index < -0.39 is 0 Å². The maximum absolute atomic E-state index is 12.1. The topological polar surface area (TPSA) is 38.3 Å². The molecule has 1 amide bonds. The summed E-state index contributed by atoms with van der Waals surface area (Å²) in [5, 5.41) is 3.41. The van der Waals surface area contributed by atoms with Gasteiger partial charge in [-0.1, -0.05) is 23.7 Å². The van der Waals surface area contributed by atoms with E-state index in [0.29, 0.717) is 18.2 Å². The summed E-state index contributed by atoms with van der Waals surface area (Å²) in [5.41, 5.74) is 1.15. The lowest BCUT2D eigenvalue weighted by atomic mass is 10.2. The highest BCUT2D eigenvalue weighted by Gasteiger charge is 2.13. The maximum atomic E-state index is 12.1. The van der Waals surface area contributed by atoms with Gasteiger partial charge in [-0.25, -0.2) is 0 Å². The lowest BCUT2D eigenvalue weighted by molar-refractivity contribution is -0.120. The second-order valence-corrected chi connectivity index (χ2v) is 7.02. The molecule has 2 aromatic carbocycles. The van der Waals surface area contributed by atoms with Gasteiger partial charge >= 0.3 is 0 Å². The second kappa shape index (κ2) is 8.85. The molecule has 23 heavy (non-hydrogen) atoms. The lowest BCUT2D eigenvalue weighted by Gasteiger charge is -2.12. The minimum Gasteiger partial charge on any atom is -0.492 e. The predicted molar refractivity (Wildman–Crippen MR) is 96.5 cm³/mol. The van der Waals surface area contributed by atoms with Crippen LogP contribution in [0.4, 0.5) is 0 Å². The van der Waals surface area contributed by atoms with E-state index in [2.05, 4.69) is 5.32 Å². The molecule has 0 spiro atoms. The molecule has 0 aliphatic heterocycles. The smallest absolute Gasteiger partial charge is 0.233 e. The molecule has 5 heteroatoms. The van der Waals surface area contributed by atoms with Gasteiger partial charge in [-0.15, -0.1) is 11.8 Å². The molecule has 2 aromatic rings. The van der Waals surface area contributed by atoms with Crippen molar-refractivity contribution in [3.05, 3.63) is 59.1 Å². The van der Waals surface area contributed by atoms with Crippen LogP contribution in [-0.4, -0.2) is 24.3 Å². The largest absolute Gasteiger partial charge is 0.492 e. The Labute approximate surface area is 146 Å². The normalized spacial score (nSPS) is 11.8. The summed E-state index contributed by atoms with van der Waals surface area (Å²) in [6.07, 6.45) is 0. The molecule has 2 rings (SSSR count). The Morgan fingerprint density at radius 3 is 2.70 bits per heavy atom. The van der Waals surface area contributed by atoms with Crippen molar-refractivity contribution in [1.82, 2.24) is 5.32 Å². The number of benzene rings is 2. The minimum atomic E-state index is -0.171. The van der Waals surface area contributed by atoms with Gasteiger partial charge in [0.25, 0.3) is 0 Å². The van der Waals surface area contributed by atoms with E-state index in [9.17, 15) is 4.79 Å². The number of carbonyl (C=O) groups is 1. The van der Waals surface area contributed by atoms with E-state index in [-0.39, 0.29) is 11.2 Å². The number of ether oxygens (including phenoxy) is 1. The van der Waals surface area contributed by atoms with Crippen LogP contribution in [0.2, 0.25) is 5.02 Å². The first-order valence-electron chi connectivity index (χ1n) is 7.44. The Bertz CT molecular complexity index is 646. The van der Waals surface area contributed by atoms with Crippen LogP contribution >= 0.6 is 23.4 Å². The maximum Gasteiger partial charge on any atom is 0.233 e. The molecular weight excluding hydrogens is 330 g/mol. The Morgan fingerprint density at radius 2 is 2.00 bits per heavy atom. The summed E-state index contributed by atoms with van der Waals surface area (Å²) in [5.74, 6) is 0.820. The highest BCUT2D eigenvalue weighted by Crippen LogP contribution is 2.24. The van der Waals surface area contributed by atoms with Crippen molar-refractivity contribution >= 4 is 29.3 Å². The molecule has 0 saturated heterocycles. The molecule has 0 saturated carbocycles. The van der Waals surface area contributed by atoms with Crippen LogP contribution < -0.4 is 10.1 Å². The third-order valence-electron chi connectivity index (χ3n) is 3.16. The van der Waals surface area contributed by atoms with Gasteiger partial charge in [-0.2, -0.15) is 0 Å². The van der Waals surface area contributed by atoms with Gasteiger partial charge < -0.3 is 10.1 Å². The average molecular weight is 350 g/mol. The first-order chi connectivity index (χ1) is 11.0. The van der Waals surface area contributed by atoms with E-state index in [4.69, 9.17) is 16.3 Å². The summed E-state index contributed by atoms with van der Waals surface area (Å²) in [6, 6.07) is 15.3. The Morgan fingerprint density at radius 1 is 1.26 bits per heavy atom. The van der Waals surface area contributed by atoms with Crippen molar-refractivity contribution in [2.75, 3.05) is 13.2 Å². The van der Waals surface area contributed by atoms with Crippen molar-refractivity contribution in [2.45, 2.75) is 24.0 Å². The molecule has 0 unspecified atom stereocenters. The number of aryl methyl sites for hydroxylation is 1. The molecule has 1 N–H and O–H groups in total.